The zero-order chi connectivity index (χ0) is 57.5. The summed E-state index contributed by atoms with van der Waals surface area (Å²) in [6.45, 7) is 15.7. The number of β-amino-alcohol motifs (C(OH)–C–C–N with tert-alkyl or cyclic N) is 1. The van der Waals surface area contributed by atoms with Crippen LogP contribution in [0.5, 0.6) is 17.2 Å². The average Bonchev–Trinajstić information content (AvgIpc) is 4.19. The van der Waals surface area contributed by atoms with Crippen molar-refractivity contribution in [2.45, 2.75) is 148 Å². The molecule has 5 heterocycles. The summed E-state index contributed by atoms with van der Waals surface area (Å²) in [5, 5.41) is 35.3. The fraction of sp³-hybridized carbons (Fsp3) is 0.532. The second kappa shape index (κ2) is 28.7. The maximum absolute atomic E-state index is 14.1. The molecule has 4 amide bonds. The van der Waals surface area contributed by atoms with Gasteiger partial charge in [-0.15, -0.1) is 21.5 Å². The third kappa shape index (κ3) is 16.9. The van der Waals surface area contributed by atoms with E-state index in [2.05, 4.69) is 47.7 Å². The number of aliphatic hydroxyl groups excluding tert-OH is 1. The Morgan fingerprint density at radius 2 is 1.53 bits per heavy atom. The molecule has 81 heavy (non-hydrogen) atoms. The lowest BCUT2D eigenvalue weighted by Crippen LogP contribution is -2.57. The van der Waals surface area contributed by atoms with Crippen molar-refractivity contribution in [3.8, 4) is 38.9 Å². The first-order valence-electron chi connectivity index (χ1n) is 29.2. The van der Waals surface area contributed by atoms with Crippen LogP contribution >= 0.6 is 11.3 Å². The number of aryl methyl sites for hydroxylation is 1. The number of unbranched alkanes of at least 4 members (excludes halogenated alkanes) is 7. The van der Waals surface area contributed by atoms with E-state index in [0.717, 1.165) is 130 Å². The first-order chi connectivity index (χ1) is 39.0. The first kappa shape index (κ1) is 60.3. The fourth-order valence-corrected chi connectivity index (χ4v) is 11.9. The summed E-state index contributed by atoms with van der Waals surface area (Å²) in [6.07, 6.45) is 9.67. The quantitative estimate of drug-likeness (QED) is 0.0345. The van der Waals surface area contributed by atoms with Gasteiger partial charge in [-0.1, -0.05) is 95.7 Å². The molecule has 3 aliphatic heterocycles. The van der Waals surface area contributed by atoms with Crippen molar-refractivity contribution in [1.29, 1.82) is 0 Å². The maximum Gasteiger partial charge on any atom is 0.246 e. The van der Waals surface area contributed by atoms with E-state index in [1.54, 1.807) is 35.6 Å². The molecule has 18 nitrogen and oxygen atoms in total. The normalized spacial score (nSPS) is 18.5. The van der Waals surface area contributed by atoms with E-state index < -0.39 is 23.6 Å². The van der Waals surface area contributed by atoms with Gasteiger partial charge in [0.25, 0.3) is 0 Å². The van der Waals surface area contributed by atoms with Crippen LogP contribution in [0.25, 0.3) is 21.7 Å². The number of hydrogen-bond acceptors (Lipinski definition) is 15. The van der Waals surface area contributed by atoms with Crippen molar-refractivity contribution in [1.82, 2.24) is 40.5 Å². The van der Waals surface area contributed by atoms with E-state index in [9.17, 15) is 29.4 Å². The summed E-state index contributed by atoms with van der Waals surface area (Å²) in [6, 6.07) is 22.9. The van der Waals surface area contributed by atoms with Crippen molar-refractivity contribution < 1.29 is 38.9 Å². The number of phenols is 1. The summed E-state index contributed by atoms with van der Waals surface area (Å²) in [5.74, 6) is 0.945. The number of anilines is 2. The Labute approximate surface area is 481 Å². The molecular weight excluding hydrogens is 1040 g/mol. The minimum Gasteiger partial charge on any atom is -0.507 e. The SMILES string of the molecule is Cc1ncsc1-c1ccc([C@H](C)NC(=O)[C@@H]2C[C@@H](O)CN2C(=O)[C@@H](NC(=O)CCCCCCCCCCC(=O)N2CCN(CCOc3ccc(N4CCCC(Oc5cc(-c6ccccc6O)nnc5N)C4)cc3)CC2)C(C)(C)C)cc1. The number of aromatic nitrogens is 3. The van der Waals surface area contributed by atoms with Gasteiger partial charge in [-0.2, -0.15) is 0 Å². The van der Waals surface area contributed by atoms with Gasteiger partial charge < -0.3 is 50.8 Å². The largest absolute Gasteiger partial charge is 0.507 e. The Morgan fingerprint density at radius 1 is 0.840 bits per heavy atom. The summed E-state index contributed by atoms with van der Waals surface area (Å²) < 4.78 is 12.5. The van der Waals surface area contributed by atoms with E-state index in [4.69, 9.17) is 15.2 Å². The van der Waals surface area contributed by atoms with Crippen molar-refractivity contribution in [2.75, 3.05) is 69.6 Å². The van der Waals surface area contributed by atoms with Crippen LogP contribution < -0.4 is 30.7 Å². The van der Waals surface area contributed by atoms with Gasteiger partial charge in [0, 0.05) is 82.4 Å². The van der Waals surface area contributed by atoms with Crippen molar-refractivity contribution in [3.05, 3.63) is 95.6 Å². The molecule has 3 aromatic carbocycles. The molecule has 0 saturated carbocycles. The van der Waals surface area contributed by atoms with Crippen LogP contribution in [0, 0.1) is 12.3 Å². The zero-order valence-electron chi connectivity index (χ0n) is 48.0. The molecule has 3 saturated heterocycles. The van der Waals surface area contributed by atoms with Crippen molar-refractivity contribution >= 4 is 46.5 Å². The third-order valence-electron chi connectivity index (χ3n) is 15.8. The zero-order valence-corrected chi connectivity index (χ0v) is 48.8. The molecule has 5 atom stereocenters. The molecule has 3 aliphatic rings. The molecule has 3 fully saturated rings. The Balaban J connectivity index is 0.649. The second-order valence-corrected chi connectivity index (χ2v) is 24.0. The molecule has 5 aromatic rings. The number of amides is 4. The number of carbonyl (C=O) groups is 4. The number of carbonyl (C=O) groups excluding carboxylic acids is 4. The highest BCUT2D eigenvalue weighted by Gasteiger charge is 2.45. The van der Waals surface area contributed by atoms with Gasteiger partial charge in [-0.25, -0.2) is 4.98 Å². The molecular formula is C62H84N10O8S. The highest BCUT2D eigenvalue weighted by Crippen LogP contribution is 2.34. The molecule has 0 aliphatic carbocycles. The Morgan fingerprint density at radius 3 is 2.21 bits per heavy atom. The number of nitrogens with zero attached hydrogens (tertiary/aromatic N) is 7. The third-order valence-corrected chi connectivity index (χ3v) is 16.8. The number of likely N-dealkylation sites (tertiary alicyclic amines) is 1. The van der Waals surface area contributed by atoms with E-state index in [-0.39, 0.29) is 60.3 Å². The number of nitrogens with one attached hydrogen (secondary N) is 2. The number of phenolic OH excluding ortho intramolecular Hbond substituents is 1. The standard InChI is InChI=1S/C62H84N10O8S/c1-42(44-22-24-45(25-23-44)57-43(2)64-41-81-57)65-60(77)52-37-47(73)39-72(52)61(78)58(62(3,4)5)66-55(75)20-12-10-8-6-7-9-11-13-21-56(76)70-33-31-69(32-34-70)35-36-79-48-28-26-46(27-29-48)71-30-16-17-49(40-71)80-54-38-51(67-68-59(54)63)50-18-14-15-19-53(50)74/h14-15,18-19,22-29,38,41-42,47,49,52,58,73-74H,6-13,16-17,20-21,30-37,39-40H2,1-5H3,(H2,63,68)(H,65,77)(H,66,75)/t42-,47+,49?,52-,58+/m0/s1. The number of nitrogens with two attached hydrogens (primary N) is 1. The molecule has 6 N–H and O–H groups in total. The van der Waals surface area contributed by atoms with Gasteiger partial charge >= 0.3 is 0 Å². The van der Waals surface area contributed by atoms with Gasteiger partial charge in [0.05, 0.1) is 34.8 Å². The lowest BCUT2D eigenvalue weighted by molar-refractivity contribution is -0.144. The van der Waals surface area contributed by atoms with Crippen LogP contribution in [0.3, 0.4) is 0 Å². The number of aliphatic hydroxyl groups is 1. The predicted octanol–water partition coefficient (Wildman–Crippen LogP) is 8.71. The molecule has 0 bridgehead atoms. The van der Waals surface area contributed by atoms with Crippen LogP contribution in [0.1, 0.15) is 128 Å². The fourth-order valence-electron chi connectivity index (χ4n) is 11.0. The summed E-state index contributed by atoms with van der Waals surface area (Å²) in [4.78, 5) is 67.7. The number of nitrogen functional groups attached to an aromatic ring is 1. The number of benzene rings is 3. The molecule has 0 radical (unpaired) electrons. The smallest absolute Gasteiger partial charge is 0.246 e. The Bertz CT molecular complexity index is 2850. The number of thiazole rings is 1. The van der Waals surface area contributed by atoms with Crippen LogP contribution in [-0.4, -0.2) is 147 Å². The summed E-state index contributed by atoms with van der Waals surface area (Å²) in [7, 11) is 0. The van der Waals surface area contributed by atoms with Crippen LogP contribution in [0.4, 0.5) is 11.5 Å². The number of piperidine rings is 1. The topological polar surface area (TPSA) is 229 Å². The molecule has 0 spiro atoms. The van der Waals surface area contributed by atoms with E-state index in [0.29, 0.717) is 49.4 Å². The van der Waals surface area contributed by atoms with Gasteiger partial charge in [0.2, 0.25) is 23.6 Å². The molecule has 1 unspecified atom stereocenters. The number of ether oxygens (including phenoxy) is 2. The lowest BCUT2D eigenvalue weighted by Gasteiger charge is -2.35. The van der Waals surface area contributed by atoms with E-state index in [1.165, 1.54) is 4.90 Å². The number of para-hydroxylation sites is 1. The van der Waals surface area contributed by atoms with Crippen molar-refractivity contribution in [3.63, 3.8) is 0 Å². The van der Waals surface area contributed by atoms with Crippen LogP contribution in [0.15, 0.2) is 84.4 Å². The van der Waals surface area contributed by atoms with Gasteiger partial charge in [0.1, 0.15) is 42.0 Å². The number of aromatic hydroxyl groups is 1. The number of rotatable bonds is 25. The van der Waals surface area contributed by atoms with Crippen LogP contribution in [-0.2, 0) is 19.2 Å². The minimum absolute atomic E-state index is 0.0267. The summed E-state index contributed by atoms with van der Waals surface area (Å²) in [5.41, 5.74) is 12.5. The van der Waals surface area contributed by atoms with E-state index in [1.807, 2.05) is 87.5 Å². The monoisotopic (exact) mass is 1130 g/mol. The number of piperazine rings is 1. The Hall–Kier alpha value is -6.83. The molecule has 436 valence electrons. The van der Waals surface area contributed by atoms with E-state index >= 15 is 0 Å². The van der Waals surface area contributed by atoms with Crippen LogP contribution in [0.2, 0.25) is 0 Å². The molecule has 2 aromatic heterocycles. The number of hydrogen-bond donors (Lipinski definition) is 5. The van der Waals surface area contributed by atoms with Gasteiger partial charge in [-0.3, -0.25) is 24.1 Å². The molecule has 19 heteroatoms. The second-order valence-electron chi connectivity index (χ2n) is 23.1. The van der Waals surface area contributed by atoms with Crippen molar-refractivity contribution in [2.24, 2.45) is 5.41 Å². The maximum atomic E-state index is 14.1. The van der Waals surface area contributed by atoms with Gasteiger partial charge in [-0.05, 0) is 92.5 Å². The minimum atomic E-state index is -0.858. The molecule has 8 rings (SSSR count). The predicted molar refractivity (Wildman–Crippen MR) is 317 cm³/mol. The highest BCUT2D eigenvalue weighted by atomic mass is 32.1. The highest BCUT2D eigenvalue weighted by molar-refractivity contribution is 7.13. The summed E-state index contributed by atoms with van der Waals surface area (Å²) >= 11 is 1.58. The Kier molecular flexibility index (Phi) is 21.4. The first-order valence-corrected chi connectivity index (χ1v) is 30.0. The van der Waals surface area contributed by atoms with Gasteiger partial charge in [0.15, 0.2) is 11.6 Å². The average molecular weight is 1130 g/mol. The lowest BCUT2D eigenvalue weighted by atomic mass is 9.85.